The van der Waals surface area contributed by atoms with Crippen LogP contribution in [-0.2, 0) is 14.4 Å². The van der Waals surface area contributed by atoms with Crippen LogP contribution in [0.15, 0.2) is 36.5 Å². The summed E-state index contributed by atoms with van der Waals surface area (Å²) in [6.07, 6.45) is 1.19. The molecule has 0 saturated heterocycles. The molecule has 6 N–H and O–H groups in total. The van der Waals surface area contributed by atoms with Crippen molar-refractivity contribution in [2.75, 3.05) is 39.6 Å². The minimum atomic E-state index is -1.19. The van der Waals surface area contributed by atoms with Crippen LogP contribution < -0.4 is 15.3 Å². The SMILES string of the molecule is C=C(C)C(=O)[O-].C=C(C)C(=O)[O-].C=C(C)C(=O)[O-].CCC(CO)(CO)CO.CCC(CO)(CO)CO. The van der Waals surface area contributed by atoms with E-state index >= 15 is 0 Å². The number of aliphatic carboxylic acids is 3. The van der Waals surface area contributed by atoms with Crippen molar-refractivity contribution in [1.29, 1.82) is 0 Å². The molecule has 0 unspecified atom stereocenters. The highest BCUT2D eigenvalue weighted by Gasteiger charge is 2.25. The Kier molecular flexibility index (Phi) is 30.8. The fraction of sp³-hybridized carbons (Fsp3) is 0.625. The van der Waals surface area contributed by atoms with E-state index in [-0.39, 0.29) is 56.4 Å². The largest absolute Gasteiger partial charge is 0.545 e. The molecule has 0 aromatic carbocycles. The van der Waals surface area contributed by atoms with Crippen molar-refractivity contribution < 1.29 is 60.3 Å². The van der Waals surface area contributed by atoms with Crippen molar-refractivity contribution in [3.8, 4) is 0 Å². The maximum Gasteiger partial charge on any atom is 0.0666 e. The van der Waals surface area contributed by atoms with Gasteiger partial charge in [0.15, 0.2) is 0 Å². The van der Waals surface area contributed by atoms with Crippen LogP contribution in [0.1, 0.15) is 47.5 Å². The molecule has 0 aliphatic heterocycles. The van der Waals surface area contributed by atoms with Gasteiger partial charge in [-0.15, -0.1) is 0 Å². The van der Waals surface area contributed by atoms with Gasteiger partial charge in [-0.25, -0.2) is 0 Å². The lowest BCUT2D eigenvalue weighted by molar-refractivity contribution is -0.300. The van der Waals surface area contributed by atoms with Crippen molar-refractivity contribution >= 4 is 17.9 Å². The number of hydrogen-bond donors (Lipinski definition) is 6. The highest BCUT2D eigenvalue weighted by Crippen LogP contribution is 2.18. The number of carboxylic acids is 3. The second kappa shape index (κ2) is 25.5. The minimum Gasteiger partial charge on any atom is -0.545 e. The van der Waals surface area contributed by atoms with Gasteiger partial charge in [0.2, 0.25) is 0 Å². The summed E-state index contributed by atoms with van der Waals surface area (Å²) in [5, 5.41) is 80.4. The van der Waals surface area contributed by atoms with E-state index in [0.29, 0.717) is 12.8 Å². The van der Waals surface area contributed by atoms with Gasteiger partial charge in [0, 0.05) is 10.8 Å². The van der Waals surface area contributed by atoms with Gasteiger partial charge in [-0.1, -0.05) is 33.6 Å². The van der Waals surface area contributed by atoms with E-state index in [1.807, 2.05) is 13.8 Å². The Hall–Kier alpha value is -2.61. The summed E-state index contributed by atoms with van der Waals surface area (Å²) in [5.41, 5.74) is -1.14. The molecule has 0 rings (SSSR count). The quantitative estimate of drug-likeness (QED) is 0.146. The smallest absolute Gasteiger partial charge is 0.0666 e. The summed E-state index contributed by atoms with van der Waals surface area (Å²) in [6, 6.07) is 0. The number of aliphatic hydroxyl groups excluding tert-OH is 6. The second-order valence-corrected chi connectivity index (χ2v) is 7.86. The number of carbonyl (C=O) groups is 3. The molecule has 214 valence electrons. The Morgan fingerprint density at radius 1 is 0.528 bits per heavy atom. The van der Waals surface area contributed by atoms with Crippen LogP contribution >= 0.6 is 0 Å². The molecule has 0 spiro atoms. The fourth-order valence-corrected chi connectivity index (χ4v) is 0.971. The van der Waals surface area contributed by atoms with Crippen molar-refractivity contribution in [1.82, 2.24) is 0 Å². The first-order valence-corrected chi connectivity index (χ1v) is 10.7. The van der Waals surface area contributed by atoms with Crippen LogP contribution in [0.5, 0.6) is 0 Å². The van der Waals surface area contributed by atoms with Gasteiger partial charge in [-0.2, -0.15) is 0 Å². The van der Waals surface area contributed by atoms with Crippen LogP contribution in [0.4, 0.5) is 0 Å². The van der Waals surface area contributed by atoms with Crippen molar-refractivity contribution in [3.05, 3.63) is 36.5 Å². The van der Waals surface area contributed by atoms with Crippen LogP contribution in [0.2, 0.25) is 0 Å². The Morgan fingerprint density at radius 2 is 0.639 bits per heavy atom. The lowest BCUT2D eigenvalue weighted by atomic mass is 9.88. The number of carboxylic acid groups (broad SMARTS) is 3. The summed E-state index contributed by atoms with van der Waals surface area (Å²) >= 11 is 0. The number of aliphatic hydroxyl groups is 6. The van der Waals surface area contributed by atoms with Crippen LogP contribution in [0.25, 0.3) is 0 Å². The first-order valence-electron chi connectivity index (χ1n) is 10.7. The minimum absolute atomic E-state index is 0.0648. The predicted molar refractivity (Wildman–Crippen MR) is 127 cm³/mol. The molecule has 12 nitrogen and oxygen atoms in total. The molecule has 36 heavy (non-hydrogen) atoms. The number of hydrogen-bond acceptors (Lipinski definition) is 12. The summed E-state index contributed by atoms with van der Waals surface area (Å²) in [7, 11) is 0. The number of rotatable bonds is 11. The van der Waals surface area contributed by atoms with Gasteiger partial charge >= 0.3 is 0 Å². The molecule has 0 heterocycles. The van der Waals surface area contributed by atoms with E-state index in [4.69, 9.17) is 30.6 Å². The highest BCUT2D eigenvalue weighted by atomic mass is 16.4. The van der Waals surface area contributed by atoms with Crippen LogP contribution in [0, 0.1) is 10.8 Å². The zero-order chi connectivity index (χ0) is 30.1. The molecule has 0 bridgehead atoms. The predicted octanol–water partition coefficient (Wildman–Crippen LogP) is -3.34. The van der Waals surface area contributed by atoms with Crippen molar-refractivity contribution in [3.63, 3.8) is 0 Å². The molecular weight excluding hydrogens is 480 g/mol. The Morgan fingerprint density at radius 3 is 0.639 bits per heavy atom. The Bertz CT molecular complexity index is 499. The summed E-state index contributed by atoms with van der Waals surface area (Å²) in [6.45, 7) is 16.1. The lowest BCUT2D eigenvalue weighted by Crippen LogP contribution is -2.32. The normalized spacial score (nSPS) is 9.75. The third-order valence-corrected chi connectivity index (χ3v) is 4.56. The van der Waals surface area contributed by atoms with E-state index < -0.39 is 28.7 Å². The van der Waals surface area contributed by atoms with Gasteiger partial charge < -0.3 is 60.3 Å². The summed E-state index contributed by atoms with van der Waals surface area (Å²) in [5.74, 6) is -3.56. The van der Waals surface area contributed by atoms with Gasteiger partial charge in [0.25, 0.3) is 0 Å². The molecule has 0 aromatic rings. The highest BCUT2D eigenvalue weighted by molar-refractivity contribution is 5.83. The average molecular weight is 524 g/mol. The second-order valence-electron chi connectivity index (χ2n) is 7.86. The molecule has 0 amide bonds. The molecule has 12 heteroatoms. The van der Waals surface area contributed by atoms with E-state index in [0.717, 1.165) is 0 Å². The molecular formula is C24H43O12-3. The van der Waals surface area contributed by atoms with E-state index in [1.165, 1.54) is 20.8 Å². The first-order chi connectivity index (χ1) is 16.4. The Balaban J connectivity index is -0.000000113. The molecule has 0 saturated carbocycles. The lowest BCUT2D eigenvalue weighted by Gasteiger charge is -2.24. The third-order valence-electron chi connectivity index (χ3n) is 4.56. The molecule has 0 aromatic heterocycles. The van der Waals surface area contributed by atoms with Crippen LogP contribution in [0.3, 0.4) is 0 Å². The zero-order valence-corrected chi connectivity index (χ0v) is 21.9. The fourth-order valence-electron chi connectivity index (χ4n) is 0.971. The number of carbonyl (C=O) groups excluding carboxylic acids is 3. The van der Waals surface area contributed by atoms with Gasteiger partial charge in [0.05, 0.1) is 57.5 Å². The van der Waals surface area contributed by atoms with E-state index in [2.05, 4.69) is 19.7 Å². The average Bonchev–Trinajstić information content (AvgIpc) is 2.84. The maximum absolute atomic E-state index is 9.49. The van der Waals surface area contributed by atoms with Crippen LogP contribution in [-0.4, -0.2) is 88.2 Å². The van der Waals surface area contributed by atoms with Gasteiger partial charge in [-0.05, 0) is 50.3 Å². The van der Waals surface area contributed by atoms with Gasteiger partial charge in [0.1, 0.15) is 0 Å². The van der Waals surface area contributed by atoms with E-state index in [1.54, 1.807) is 0 Å². The monoisotopic (exact) mass is 523 g/mol. The van der Waals surface area contributed by atoms with E-state index in [9.17, 15) is 29.7 Å². The first kappa shape index (κ1) is 43.5. The topological polar surface area (TPSA) is 242 Å². The molecule has 0 atom stereocenters. The van der Waals surface area contributed by atoms with Gasteiger partial charge in [-0.3, -0.25) is 0 Å². The van der Waals surface area contributed by atoms with Crippen molar-refractivity contribution in [2.45, 2.75) is 47.5 Å². The molecule has 0 radical (unpaired) electrons. The Labute approximate surface area is 213 Å². The summed E-state index contributed by atoms with van der Waals surface area (Å²) in [4.78, 5) is 28.5. The zero-order valence-electron chi connectivity index (χ0n) is 21.9. The maximum atomic E-state index is 9.49. The standard InChI is InChI=1S/2C6H14O3.3C4H6O2/c2*1-2-6(3-7,4-8)5-9;3*1-3(2)4(5)6/h2*7-9H,2-5H2,1H3;3*1H2,2H3,(H,5,6)/p-3. The summed E-state index contributed by atoms with van der Waals surface area (Å²) < 4.78 is 0. The molecule has 0 aliphatic rings. The molecule has 0 fully saturated rings. The third kappa shape index (κ3) is 26.0. The molecule has 0 aliphatic carbocycles. The van der Waals surface area contributed by atoms with Crippen molar-refractivity contribution in [2.24, 2.45) is 10.8 Å².